The molecule has 0 radical (unpaired) electrons. The zero-order valence-corrected chi connectivity index (χ0v) is 13.0. The molecule has 1 aromatic carbocycles. The van der Waals surface area contributed by atoms with Crippen LogP contribution in [-0.4, -0.2) is 7.05 Å². The number of benzene rings is 1. The van der Waals surface area contributed by atoms with Gasteiger partial charge in [-0.15, -0.1) is 11.3 Å². The van der Waals surface area contributed by atoms with E-state index in [1.807, 2.05) is 11.3 Å². The summed E-state index contributed by atoms with van der Waals surface area (Å²) in [5, 5.41) is 5.82. The Bertz CT molecular complexity index is 512. The van der Waals surface area contributed by atoms with E-state index in [1.54, 1.807) is 0 Å². The Labute approximate surface area is 126 Å². The molecule has 0 aliphatic heterocycles. The Morgan fingerprint density at radius 2 is 1.75 bits per heavy atom. The number of nitrogens with one attached hydrogen (secondary N) is 1. The number of likely N-dealkylation sites (N-methyl/N-ethyl adjacent to an activating group) is 1. The first-order valence-electron chi connectivity index (χ1n) is 7.63. The van der Waals surface area contributed by atoms with E-state index in [1.165, 1.54) is 42.5 Å². The molecule has 0 bridgehead atoms. The summed E-state index contributed by atoms with van der Waals surface area (Å²) >= 11 is 1.88. The zero-order chi connectivity index (χ0) is 13.8. The number of hydrogen-bond acceptors (Lipinski definition) is 2. The SMILES string of the molecule is CNC(c1cccs1)C1(c2ccccc2)CCCCC1. The summed E-state index contributed by atoms with van der Waals surface area (Å²) in [6, 6.07) is 16.0. The molecular weight excluding hydrogens is 262 g/mol. The van der Waals surface area contributed by atoms with Crippen LogP contribution in [0.25, 0.3) is 0 Å². The van der Waals surface area contributed by atoms with Crippen molar-refractivity contribution < 1.29 is 0 Å². The van der Waals surface area contributed by atoms with E-state index in [9.17, 15) is 0 Å². The van der Waals surface area contributed by atoms with Crippen LogP contribution >= 0.6 is 11.3 Å². The van der Waals surface area contributed by atoms with E-state index in [4.69, 9.17) is 0 Å². The maximum atomic E-state index is 3.62. The van der Waals surface area contributed by atoms with Crippen LogP contribution in [0.3, 0.4) is 0 Å². The highest BCUT2D eigenvalue weighted by atomic mass is 32.1. The Hall–Kier alpha value is -1.12. The van der Waals surface area contributed by atoms with Crippen molar-refractivity contribution in [3.05, 3.63) is 58.3 Å². The van der Waals surface area contributed by atoms with Crippen LogP contribution < -0.4 is 5.32 Å². The van der Waals surface area contributed by atoms with Gasteiger partial charge in [-0.05, 0) is 36.9 Å². The van der Waals surface area contributed by atoms with Crippen molar-refractivity contribution in [3.8, 4) is 0 Å². The fourth-order valence-corrected chi connectivity index (χ4v) is 4.79. The molecular formula is C18H23NS. The monoisotopic (exact) mass is 285 g/mol. The summed E-state index contributed by atoms with van der Waals surface area (Å²) < 4.78 is 0. The molecule has 2 aromatic rings. The second-order valence-electron chi connectivity index (χ2n) is 5.82. The van der Waals surface area contributed by atoms with Crippen molar-refractivity contribution in [2.24, 2.45) is 0 Å². The van der Waals surface area contributed by atoms with Crippen LogP contribution in [0.15, 0.2) is 47.8 Å². The highest BCUT2D eigenvalue weighted by Gasteiger charge is 2.41. The molecule has 1 atom stereocenters. The van der Waals surface area contributed by atoms with Crippen molar-refractivity contribution in [2.45, 2.75) is 43.6 Å². The molecule has 106 valence electrons. The third kappa shape index (κ3) is 2.43. The number of rotatable bonds is 4. The molecule has 3 rings (SSSR count). The van der Waals surface area contributed by atoms with Gasteiger partial charge in [0.1, 0.15) is 0 Å². The van der Waals surface area contributed by atoms with E-state index in [0.717, 1.165) is 0 Å². The van der Waals surface area contributed by atoms with Gasteiger partial charge in [0, 0.05) is 10.3 Å². The standard InChI is InChI=1S/C18H23NS/c1-19-17(16-11-8-14-20-16)18(12-6-3-7-13-18)15-9-4-2-5-10-15/h2,4-5,8-11,14,17,19H,3,6-7,12-13H2,1H3. The predicted molar refractivity (Wildman–Crippen MR) is 87.3 cm³/mol. The van der Waals surface area contributed by atoms with E-state index >= 15 is 0 Å². The van der Waals surface area contributed by atoms with Crippen molar-refractivity contribution in [1.29, 1.82) is 0 Å². The largest absolute Gasteiger partial charge is 0.312 e. The Morgan fingerprint density at radius 3 is 2.35 bits per heavy atom. The molecule has 0 spiro atoms. The molecule has 1 fully saturated rings. The summed E-state index contributed by atoms with van der Waals surface area (Å²) in [6.45, 7) is 0. The van der Waals surface area contributed by atoms with Crippen molar-refractivity contribution in [1.82, 2.24) is 5.32 Å². The average molecular weight is 285 g/mol. The minimum atomic E-state index is 0.263. The van der Waals surface area contributed by atoms with Gasteiger partial charge in [0.15, 0.2) is 0 Å². The van der Waals surface area contributed by atoms with Gasteiger partial charge < -0.3 is 5.32 Å². The van der Waals surface area contributed by atoms with E-state index in [2.05, 4.69) is 60.2 Å². The van der Waals surface area contributed by atoms with Gasteiger partial charge in [0.05, 0.1) is 6.04 Å². The van der Waals surface area contributed by atoms with E-state index < -0.39 is 0 Å². The van der Waals surface area contributed by atoms with Crippen LogP contribution in [-0.2, 0) is 5.41 Å². The molecule has 1 heterocycles. The summed E-state index contributed by atoms with van der Waals surface area (Å²) in [7, 11) is 2.11. The van der Waals surface area contributed by atoms with Crippen LogP contribution in [0.1, 0.15) is 48.6 Å². The lowest BCUT2D eigenvalue weighted by Crippen LogP contribution is -2.41. The van der Waals surface area contributed by atoms with E-state index in [-0.39, 0.29) is 5.41 Å². The molecule has 0 amide bonds. The van der Waals surface area contributed by atoms with Gasteiger partial charge in [-0.25, -0.2) is 0 Å². The Kier molecular flexibility index (Phi) is 4.23. The molecule has 1 saturated carbocycles. The topological polar surface area (TPSA) is 12.0 Å². The molecule has 2 heteroatoms. The van der Waals surface area contributed by atoms with E-state index in [0.29, 0.717) is 6.04 Å². The van der Waals surface area contributed by atoms with Gasteiger partial charge in [-0.2, -0.15) is 0 Å². The van der Waals surface area contributed by atoms with Crippen LogP contribution in [0.5, 0.6) is 0 Å². The molecule has 1 aliphatic carbocycles. The van der Waals surface area contributed by atoms with Gasteiger partial charge >= 0.3 is 0 Å². The molecule has 0 saturated heterocycles. The molecule has 1 unspecified atom stereocenters. The average Bonchev–Trinajstić information content (AvgIpc) is 3.04. The predicted octanol–water partition coefficient (Wildman–Crippen LogP) is 4.91. The van der Waals surface area contributed by atoms with Crippen LogP contribution in [0.4, 0.5) is 0 Å². The fraction of sp³-hybridized carbons (Fsp3) is 0.444. The second-order valence-corrected chi connectivity index (χ2v) is 6.80. The smallest absolute Gasteiger partial charge is 0.0510 e. The van der Waals surface area contributed by atoms with Gasteiger partial charge in [0.25, 0.3) is 0 Å². The normalized spacial score (nSPS) is 19.6. The molecule has 1 aromatic heterocycles. The van der Waals surface area contributed by atoms with Gasteiger partial charge in [-0.1, -0.05) is 55.7 Å². The maximum Gasteiger partial charge on any atom is 0.0510 e. The number of thiophene rings is 1. The Balaban J connectivity index is 2.05. The highest BCUT2D eigenvalue weighted by Crippen LogP contribution is 2.48. The summed E-state index contributed by atoms with van der Waals surface area (Å²) in [5.41, 5.74) is 1.77. The summed E-state index contributed by atoms with van der Waals surface area (Å²) in [4.78, 5) is 1.47. The minimum Gasteiger partial charge on any atom is -0.312 e. The molecule has 1 nitrogen and oxygen atoms in total. The minimum absolute atomic E-state index is 0.263. The van der Waals surface area contributed by atoms with Crippen molar-refractivity contribution in [3.63, 3.8) is 0 Å². The van der Waals surface area contributed by atoms with Gasteiger partial charge in [0.2, 0.25) is 0 Å². The molecule has 20 heavy (non-hydrogen) atoms. The second kappa shape index (κ2) is 6.11. The summed E-state index contributed by atoms with van der Waals surface area (Å²) in [6.07, 6.45) is 6.66. The van der Waals surface area contributed by atoms with Crippen LogP contribution in [0.2, 0.25) is 0 Å². The molecule has 1 N–H and O–H groups in total. The van der Waals surface area contributed by atoms with Crippen molar-refractivity contribution in [2.75, 3.05) is 7.05 Å². The van der Waals surface area contributed by atoms with Gasteiger partial charge in [-0.3, -0.25) is 0 Å². The Morgan fingerprint density at radius 1 is 1.00 bits per heavy atom. The fourth-order valence-electron chi connectivity index (χ4n) is 3.84. The lowest BCUT2D eigenvalue weighted by molar-refractivity contribution is 0.223. The summed E-state index contributed by atoms with van der Waals surface area (Å²) in [5.74, 6) is 0. The van der Waals surface area contributed by atoms with Crippen LogP contribution in [0, 0.1) is 0 Å². The third-order valence-electron chi connectivity index (χ3n) is 4.76. The highest BCUT2D eigenvalue weighted by molar-refractivity contribution is 7.10. The third-order valence-corrected chi connectivity index (χ3v) is 5.70. The maximum absolute atomic E-state index is 3.62. The first-order chi connectivity index (χ1) is 9.87. The quantitative estimate of drug-likeness (QED) is 0.841. The first-order valence-corrected chi connectivity index (χ1v) is 8.51. The van der Waals surface area contributed by atoms with Crippen molar-refractivity contribution >= 4 is 11.3 Å². The zero-order valence-electron chi connectivity index (χ0n) is 12.1. The molecule has 1 aliphatic rings. The first kappa shape index (κ1) is 13.8. The lowest BCUT2D eigenvalue weighted by Gasteiger charge is -2.44. The lowest BCUT2D eigenvalue weighted by atomic mass is 9.64. The number of hydrogen-bond donors (Lipinski definition) is 1.